The molecular weight excluding hydrogens is 236 g/mol. The van der Waals surface area contributed by atoms with E-state index >= 15 is 0 Å². The molecule has 2 rings (SSSR count). The third-order valence-electron chi connectivity index (χ3n) is 2.71. The zero-order valence-corrected chi connectivity index (χ0v) is 10.7. The van der Waals surface area contributed by atoms with Crippen molar-refractivity contribution in [2.24, 2.45) is 7.05 Å². The van der Waals surface area contributed by atoms with Crippen molar-refractivity contribution in [1.29, 1.82) is 0 Å². The number of rotatable bonds is 4. The number of nitrogens with zero attached hydrogens (tertiary/aromatic N) is 3. The fourth-order valence-corrected chi connectivity index (χ4v) is 1.65. The predicted octanol–water partition coefficient (Wildman–Crippen LogP) is 2.07. The maximum absolute atomic E-state index is 5.82. The summed E-state index contributed by atoms with van der Waals surface area (Å²) in [6, 6.07) is 7.81. The Morgan fingerprint density at radius 1 is 1.18 bits per heavy atom. The smallest absolute Gasteiger partial charge is 0.146 e. The zero-order chi connectivity index (χ0) is 12.3. The summed E-state index contributed by atoms with van der Waals surface area (Å²) in [7, 11) is 1.97. The second kappa shape index (κ2) is 5.29. The summed E-state index contributed by atoms with van der Waals surface area (Å²) in [5.74, 6) is 1.87. The highest BCUT2D eigenvalue weighted by Gasteiger charge is 2.03. The second-order valence-corrected chi connectivity index (χ2v) is 4.39. The Labute approximate surface area is 106 Å². The van der Waals surface area contributed by atoms with Crippen LogP contribution in [-0.2, 0) is 20.1 Å². The average Bonchev–Trinajstić information content (AvgIpc) is 2.64. The Hall–Kier alpha value is -1.39. The molecule has 2 aromatic rings. The van der Waals surface area contributed by atoms with Crippen molar-refractivity contribution in [2.75, 3.05) is 0 Å². The minimum atomic E-state index is 0.708. The average molecular weight is 251 g/mol. The molecule has 0 spiro atoms. The van der Waals surface area contributed by atoms with E-state index in [1.165, 1.54) is 5.56 Å². The summed E-state index contributed by atoms with van der Waals surface area (Å²) < 4.78 is 1.98. The largest absolute Gasteiger partial charge is 0.317 e. The number of aryl methyl sites for hydroxylation is 1. The third-order valence-corrected chi connectivity index (χ3v) is 2.96. The molecule has 90 valence electrons. The molecule has 0 amide bonds. The van der Waals surface area contributed by atoms with Gasteiger partial charge in [0.15, 0.2) is 0 Å². The molecule has 1 aromatic carbocycles. The van der Waals surface area contributed by atoms with E-state index in [0.717, 1.165) is 23.2 Å². The van der Waals surface area contributed by atoms with Crippen LogP contribution in [0.1, 0.15) is 17.2 Å². The number of benzene rings is 1. The molecule has 0 saturated heterocycles. The Balaban J connectivity index is 1.87. The van der Waals surface area contributed by atoms with Gasteiger partial charge in [-0.2, -0.15) is 0 Å². The lowest BCUT2D eigenvalue weighted by molar-refractivity contribution is 0.634. The Morgan fingerprint density at radius 3 is 2.47 bits per heavy atom. The maximum atomic E-state index is 5.82. The van der Waals surface area contributed by atoms with Crippen LogP contribution in [0.15, 0.2) is 24.3 Å². The van der Waals surface area contributed by atoms with Crippen LogP contribution < -0.4 is 5.32 Å². The number of halogens is 1. The number of hydrogen-bond acceptors (Lipinski definition) is 3. The molecule has 0 atom stereocenters. The number of hydrogen-bond donors (Lipinski definition) is 1. The summed E-state index contributed by atoms with van der Waals surface area (Å²) in [6.07, 6.45) is 0. The third kappa shape index (κ3) is 3.05. The van der Waals surface area contributed by atoms with E-state index in [1.54, 1.807) is 0 Å². The number of aromatic nitrogens is 3. The molecule has 0 fully saturated rings. The van der Waals surface area contributed by atoms with Gasteiger partial charge in [0.25, 0.3) is 0 Å². The van der Waals surface area contributed by atoms with E-state index in [2.05, 4.69) is 15.5 Å². The Bertz CT molecular complexity index is 490. The van der Waals surface area contributed by atoms with Crippen LogP contribution in [0.4, 0.5) is 0 Å². The lowest BCUT2D eigenvalue weighted by atomic mass is 10.2. The lowest BCUT2D eigenvalue weighted by Gasteiger charge is -2.05. The van der Waals surface area contributed by atoms with Crippen LogP contribution in [0.5, 0.6) is 0 Å². The molecule has 0 bridgehead atoms. The van der Waals surface area contributed by atoms with Gasteiger partial charge in [-0.05, 0) is 24.6 Å². The molecule has 0 aliphatic rings. The van der Waals surface area contributed by atoms with E-state index in [-0.39, 0.29) is 0 Å². The van der Waals surface area contributed by atoms with Gasteiger partial charge >= 0.3 is 0 Å². The van der Waals surface area contributed by atoms with E-state index in [1.807, 2.05) is 42.8 Å². The summed E-state index contributed by atoms with van der Waals surface area (Å²) in [6.45, 7) is 3.44. The summed E-state index contributed by atoms with van der Waals surface area (Å²) in [5, 5.41) is 12.2. The molecule has 0 aliphatic heterocycles. The van der Waals surface area contributed by atoms with Gasteiger partial charge in [0.05, 0.1) is 6.54 Å². The van der Waals surface area contributed by atoms with Gasteiger partial charge in [0.2, 0.25) is 0 Å². The summed E-state index contributed by atoms with van der Waals surface area (Å²) >= 11 is 5.82. The van der Waals surface area contributed by atoms with E-state index in [0.29, 0.717) is 6.54 Å². The van der Waals surface area contributed by atoms with Crippen molar-refractivity contribution < 1.29 is 0 Å². The van der Waals surface area contributed by atoms with Crippen LogP contribution in [0, 0.1) is 6.92 Å². The zero-order valence-electron chi connectivity index (χ0n) is 9.94. The molecule has 17 heavy (non-hydrogen) atoms. The van der Waals surface area contributed by atoms with Gasteiger partial charge in [0, 0.05) is 18.6 Å². The van der Waals surface area contributed by atoms with Gasteiger partial charge in [-0.3, -0.25) is 0 Å². The maximum Gasteiger partial charge on any atom is 0.146 e. The van der Waals surface area contributed by atoms with Gasteiger partial charge in [-0.25, -0.2) is 0 Å². The molecular formula is C12H15ClN4. The summed E-state index contributed by atoms with van der Waals surface area (Å²) in [5.41, 5.74) is 1.20. The molecule has 1 aromatic heterocycles. The highest BCUT2D eigenvalue weighted by Crippen LogP contribution is 2.09. The Morgan fingerprint density at radius 2 is 1.88 bits per heavy atom. The molecule has 0 saturated carbocycles. The molecule has 0 unspecified atom stereocenters. The SMILES string of the molecule is Cc1nnc(CNCc2ccc(Cl)cc2)n1C. The Kier molecular flexibility index (Phi) is 3.76. The van der Waals surface area contributed by atoms with Gasteiger partial charge < -0.3 is 9.88 Å². The van der Waals surface area contributed by atoms with Crippen molar-refractivity contribution in [3.05, 3.63) is 46.5 Å². The quantitative estimate of drug-likeness (QED) is 0.903. The van der Waals surface area contributed by atoms with Crippen molar-refractivity contribution in [3.8, 4) is 0 Å². The first kappa shape index (κ1) is 12.1. The van der Waals surface area contributed by atoms with Crippen LogP contribution >= 0.6 is 11.6 Å². The minimum absolute atomic E-state index is 0.708. The first-order chi connectivity index (χ1) is 8.16. The van der Waals surface area contributed by atoms with Crippen molar-refractivity contribution in [2.45, 2.75) is 20.0 Å². The fourth-order valence-electron chi connectivity index (χ4n) is 1.53. The van der Waals surface area contributed by atoms with Crippen LogP contribution in [0.2, 0.25) is 5.02 Å². The van der Waals surface area contributed by atoms with E-state index in [4.69, 9.17) is 11.6 Å². The highest BCUT2D eigenvalue weighted by molar-refractivity contribution is 6.30. The molecule has 1 heterocycles. The fraction of sp³-hybridized carbons (Fsp3) is 0.333. The number of nitrogens with one attached hydrogen (secondary N) is 1. The van der Waals surface area contributed by atoms with Crippen LogP contribution in [0.25, 0.3) is 0 Å². The standard InChI is InChI=1S/C12H15ClN4/c1-9-15-16-12(17(9)2)8-14-7-10-3-5-11(13)6-4-10/h3-6,14H,7-8H2,1-2H3. The molecule has 0 radical (unpaired) electrons. The van der Waals surface area contributed by atoms with Gasteiger partial charge in [-0.15, -0.1) is 10.2 Å². The first-order valence-corrected chi connectivity index (χ1v) is 5.84. The van der Waals surface area contributed by atoms with Crippen molar-refractivity contribution in [3.63, 3.8) is 0 Å². The molecule has 1 N–H and O–H groups in total. The van der Waals surface area contributed by atoms with E-state index in [9.17, 15) is 0 Å². The van der Waals surface area contributed by atoms with Crippen molar-refractivity contribution >= 4 is 11.6 Å². The monoisotopic (exact) mass is 250 g/mol. The van der Waals surface area contributed by atoms with Crippen LogP contribution in [-0.4, -0.2) is 14.8 Å². The summed E-state index contributed by atoms with van der Waals surface area (Å²) in [4.78, 5) is 0. The normalized spacial score (nSPS) is 10.8. The molecule has 5 heteroatoms. The topological polar surface area (TPSA) is 42.7 Å². The van der Waals surface area contributed by atoms with E-state index < -0.39 is 0 Å². The van der Waals surface area contributed by atoms with Gasteiger partial charge in [-0.1, -0.05) is 23.7 Å². The second-order valence-electron chi connectivity index (χ2n) is 3.95. The lowest BCUT2D eigenvalue weighted by Crippen LogP contribution is -2.16. The highest BCUT2D eigenvalue weighted by atomic mass is 35.5. The minimum Gasteiger partial charge on any atom is -0.317 e. The van der Waals surface area contributed by atoms with Crippen molar-refractivity contribution in [1.82, 2.24) is 20.1 Å². The van der Waals surface area contributed by atoms with Gasteiger partial charge in [0.1, 0.15) is 11.6 Å². The van der Waals surface area contributed by atoms with Crippen LogP contribution in [0.3, 0.4) is 0 Å². The first-order valence-electron chi connectivity index (χ1n) is 5.47. The molecule has 0 aliphatic carbocycles. The predicted molar refractivity (Wildman–Crippen MR) is 67.7 cm³/mol. The molecule has 4 nitrogen and oxygen atoms in total.